The second-order valence-corrected chi connectivity index (χ2v) is 5.05. The van der Waals surface area contributed by atoms with E-state index in [9.17, 15) is 4.79 Å². The molecule has 104 valence electrons. The molecule has 2 rings (SSSR count). The van der Waals surface area contributed by atoms with Crippen molar-refractivity contribution in [3.05, 3.63) is 23.8 Å². The van der Waals surface area contributed by atoms with Gasteiger partial charge in [0.1, 0.15) is 0 Å². The first kappa shape index (κ1) is 13.7. The molecule has 0 radical (unpaired) electrons. The summed E-state index contributed by atoms with van der Waals surface area (Å²) in [5.41, 5.74) is 13.3. The minimum Gasteiger partial charge on any atom is -0.399 e. The van der Waals surface area contributed by atoms with Crippen molar-refractivity contribution in [2.45, 2.75) is 12.8 Å². The maximum Gasteiger partial charge on any atom is 0.250 e. The molecule has 0 aliphatic carbocycles. The van der Waals surface area contributed by atoms with Crippen molar-refractivity contribution >= 4 is 17.3 Å². The molecular formula is C14H21N3O2. The molecule has 1 saturated heterocycles. The van der Waals surface area contributed by atoms with Crippen LogP contribution in [0.3, 0.4) is 0 Å². The molecule has 1 fully saturated rings. The molecule has 5 heteroatoms. The second-order valence-electron chi connectivity index (χ2n) is 5.05. The zero-order chi connectivity index (χ0) is 13.8. The zero-order valence-corrected chi connectivity index (χ0v) is 11.3. The SMILES string of the molecule is COCC1CCCN(c2cc(N)ccc2C(N)=O)C1. The largest absolute Gasteiger partial charge is 0.399 e. The summed E-state index contributed by atoms with van der Waals surface area (Å²) in [6.45, 7) is 2.53. The summed E-state index contributed by atoms with van der Waals surface area (Å²) in [7, 11) is 1.72. The smallest absolute Gasteiger partial charge is 0.250 e. The first-order valence-corrected chi connectivity index (χ1v) is 6.55. The van der Waals surface area contributed by atoms with E-state index in [1.807, 2.05) is 6.07 Å². The third-order valence-electron chi connectivity index (χ3n) is 3.55. The normalized spacial score (nSPS) is 19.4. The number of hydrogen-bond acceptors (Lipinski definition) is 4. The molecule has 1 heterocycles. The van der Waals surface area contributed by atoms with Crippen LogP contribution in [0.2, 0.25) is 0 Å². The molecule has 0 aromatic heterocycles. The van der Waals surface area contributed by atoms with Crippen LogP contribution in [0, 0.1) is 5.92 Å². The van der Waals surface area contributed by atoms with Gasteiger partial charge in [-0.05, 0) is 37.0 Å². The third-order valence-corrected chi connectivity index (χ3v) is 3.55. The van der Waals surface area contributed by atoms with Gasteiger partial charge >= 0.3 is 0 Å². The molecule has 4 N–H and O–H groups in total. The first-order valence-electron chi connectivity index (χ1n) is 6.55. The molecule has 1 aromatic rings. The van der Waals surface area contributed by atoms with Gasteiger partial charge in [-0.3, -0.25) is 4.79 Å². The Hall–Kier alpha value is -1.75. The van der Waals surface area contributed by atoms with Gasteiger partial charge < -0.3 is 21.1 Å². The zero-order valence-electron chi connectivity index (χ0n) is 11.3. The highest BCUT2D eigenvalue weighted by atomic mass is 16.5. The molecule has 5 nitrogen and oxygen atoms in total. The lowest BCUT2D eigenvalue weighted by atomic mass is 9.97. The van der Waals surface area contributed by atoms with Crippen LogP contribution in [-0.2, 0) is 4.74 Å². The van der Waals surface area contributed by atoms with Gasteiger partial charge in [0, 0.05) is 25.9 Å². The Morgan fingerprint density at radius 3 is 3.00 bits per heavy atom. The van der Waals surface area contributed by atoms with E-state index in [-0.39, 0.29) is 0 Å². The van der Waals surface area contributed by atoms with Crippen LogP contribution in [0.1, 0.15) is 23.2 Å². The number of nitrogens with two attached hydrogens (primary N) is 2. The molecule has 1 aliphatic rings. The number of rotatable bonds is 4. The van der Waals surface area contributed by atoms with Crippen LogP contribution in [0.4, 0.5) is 11.4 Å². The lowest BCUT2D eigenvalue weighted by Gasteiger charge is -2.35. The molecule has 1 unspecified atom stereocenters. The summed E-state index contributed by atoms with van der Waals surface area (Å²) in [5.74, 6) is 0.0739. The molecule has 0 spiro atoms. The van der Waals surface area contributed by atoms with Crippen molar-refractivity contribution in [1.29, 1.82) is 0 Å². The Labute approximate surface area is 113 Å². The summed E-state index contributed by atoms with van der Waals surface area (Å²) < 4.78 is 5.22. The summed E-state index contributed by atoms with van der Waals surface area (Å²) in [6, 6.07) is 5.24. The maximum atomic E-state index is 11.5. The van der Waals surface area contributed by atoms with Crippen LogP contribution in [0.5, 0.6) is 0 Å². The van der Waals surface area contributed by atoms with Gasteiger partial charge in [-0.15, -0.1) is 0 Å². The Kier molecular flexibility index (Phi) is 4.27. The van der Waals surface area contributed by atoms with Crippen LogP contribution in [0.15, 0.2) is 18.2 Å². The lowest BCUT2D eigenvalue weighted by molar-refractivity contribution is 0.100. The number of methoxy groups -OCH3 is 1. The number of piperidine rings is 1. The highest BCUT2D eigenvalue weighted by molar-refractivity contribution is 5.99. The number of carbonyl (C=O) groups excluding carboxylic acids is 1. The number of nitrogens with zero attached hydrogens (tertiary/aromatic N) is 1. The average Bonchev–Trinajstić information content (AvgIpc) is 2.39. The van der Waals surface area contributed by atoms with E-state index in [1.54, 1.807) is 19.2 Å². The summed E-state index contributed by atoms with van der Waals surface area (Å²) in [5, 5.41) is 0. The Balaban J connectivity index is 2.24. The molecule has 1 atom stereocenters. The van der Waals surface area contributed by atoms with E-state index in [2.05, 4.69) is 4.90 Å². The van der Waals surface area contributed by atoms with Gasteiger partial charge in [0.2, 0.25) is 0 Å². The highest BCUT2D eigenvalue weighted by Crippen LogP contribution is 2.28. The molecule has 0 saturated carbocycles. The van der Waals surface area contributed by atoms with Crippen molar-refractivity contribution in [3.63, 3.8) is 0 Å². The number of amides is 1. The predicted octanol–water partition coefficient (Wildman–Crippen LogP) is 1.23. The van der Waals surface area contributed by atoms with Crippen LogP contribution >= 0.6 is 0 Å². The number of ether oxygens (including phenoxy) is 1. The Morgan fingerprint density at radius 1 is 1.53 bits per heavy atom. The van der Waals surface area contributed by atoms with Crippen molar-refractivity contribution in [2.75, 3.05) is 37.4 Å². The molecular weight excluding hydrogens is 242 g/mol. The number of carbonyl (C=O) groups is 1. The minimum atomic E-state index is -0.413. The molecule has 1 amide bonds. The summed E-state index contributed by atoms with van der Waals surface area (Å²) in [6.07, 6.45) is 2.24. The van der Waals surface area contributed by atoms with Gasteiger partial charge in [-0.25, -0.2) is 0 Å². The van der Waals surface area contributed by atoms with Crippen molar-refractivity contribution in [1.82, 2.24) is 0 Å². The predicted molar refractivity (Wildman–Crippen MR) is 76.2 cm³/mol. The number of anilines is 2. The fourth-order valence-corrected chi connectivity index (χ4v) is 2.67. The van der Waals surface area contributed by atoms with Gasteiger partial charge in [-0.2, -0.15) is 0 Å². The fraction of sp³-hybridized carbons (Fsp3) is 0.500. The van der Waals surface area contributed by atoms with Crippen LogP contribution < -0.4 is 16.4 Å². The van der Waals surface area contributed by atoms with Crippen molar-refractivity contribution in [3.8, 4) is 0 Å². The number of benzene rings is 1. The van der Waals surface area contributed by atoms with E-state index in [1.165, 1.54) is 0 Å². The van der Waals surface area contributed by atoms with Gasteiger partial charge in [0.25, 0.3) is 5.91 Å². The van der Waals surface area contributed by atoms with Crippen LogP contribution in [-0.4, -0.2) is 32.7 Å². The topological polar surface area (TPSA) is 81.6 Å². The van der Waals surface area contributed by atoms with Crippen molar-refractivity contribution in [2.24, 2.45) is 11.7 Å². The molecule has 19 heavy (non-hydrogen) atoms. The average molecular weight is 263 g/mol. The quantitative estimate of drug-likeness (QED) is 0.801. The Bertz CT molecular complexity index is 460. The fourth-order valence-electron chi connectivity index (χ4n) is 2.67. The summed E-state index contributed by atoms with van der Waals surface area (Å²) >= 11 is 0. The van der Waals surface area contributed by atoms with E-state index >= 15 is 0 Å². The number of hydrogen-bond donors (Lipinski definition) is 2. The monoisotopic (exact) mass is 263 g/mol. The van der Waals surface area contributed by atoms with E-state index in [0.717, 1.165) is 38.2 Å². The minimum absolute atomic E-state index is 0.413. The lowest BCUT2D eigenvalue weighted by Crippen LogP contribution is -2.38. The van der Waals surface area contributed by atoms with E-state index < -0.39 is 5.91 Å². The maximum absolute atomic E-state index is 11.5. The molecule has 0 bridgehead atoms. The number of nitrogen functional groups attached to an aromatic ring is 1. The third kappa shape index (κ3) is 3.17. The standard InChI is InChI=1S/C14H21N3O2/c1-19-9-10-3-2-6-17(8-10)13-7-11(15)4-5-12(13)14(16)18/h4-5,7,10H,2-3,6,8-9,15H2,1H3,(H2,16,18). The second kappa shape index (κ2) is 5.93. The van der Waals surface area contributed by atoms with Crippen molar-refractivity contribution < 1.29 is 9.53 Å². The molecule has 1 aromatic carbocycles. The summed E-state index contributed by atoms with van der Waals surface area (Å²) in [4.78, 5) is 13.7. The molecule has 1 aliphatic heterocycles. The van der Waals surface area contributed by atoms with Gasteiger partial charge in [0.05, 0.1) is 17.9 Å². The van der Waals surface area contributed by atoms with E-state index in [4.69, 9.17) is 16.2 Å². The number of primary amides is 1. The van der Waals surface area contributed by atoms with Crippen LogP contribution in [0.25, 0.3) is 0 Å². The van der Waals surface area contributed by atoms with Gasteiger partial charge in [-0.1, -0.05) is 0 Å². The van der Waals surface area contributed by atoms with Gasteiger partial charge in [0.15, 0.2) is 0 Å². The van der Waals surface area contributed by atoms with E-state index in [0.29, 0.717) is 17.2 Å². The Morgan fingerprint density at radius 2 is 2.32 bits per heavy atom. The first-order chi connectivity index (χ1) is 9.11. The highest BCUT2D eigenvalue weighted by Gasteiger charge is 2.23.